The van der Waals surface area contributed by atoms with Crippen LogP contribution in [-0.4, -0.2) is 25.8 Å². The Labute approximate surface area is 186 Å². The first-order chi connectivity index (χ1) is 15.5. The van der Waals surface area contributed by atoms with E-state index in [1.807, 2.05) is 18.2 Å². The number of hydrogen-bond acceptors (Lipinski definition) is 4. The third-order valence-electron chi connectivity index (χ3n) is 5.12. The Balaban J connectivity index is 1.49. The lowest BCUT2D eigenvalue weighted by Crippen LogP contribution is -2.02. The fraction of sp³-hybridized carbons (Fsp3) is 0.0417. The normalized spacial score (nSPS) is 11.2. The molecule has 3 aromatic rings. The monoisotopic (exact) mass is 447 g/mol. The maximum absolute atomic E-state index is 14.3. The summed E-state index contributed by atoms with van der Waals surface area (Å²) in [6.07, 6.45) is 3.43. The van der Waals surface area contributed by atoms with Gasteiger partial charge in [0.2, 0.25) is 0 Å². The van der Waals surface area contributed by atoms with Gasteiger partial charge in [-0.25, -0.2) is 14.2 Å². The Bertz CT molecular complexity index is 1410. The largest absolute Gasteiger partial charge is 0.478 e. The summed E-state index contributed by atoms with van der Waals surface area (Å²) in [6, 6.07) is 16.7. The molecule has 0 aliphatic carbocycles. The van der Waals surface area contributed by atoms with E-state index in [9.17, 15) is 14.3 Å². The predicted molar refractivity (Wildman–Crippen MR) is 117 cm³/mol. The van der Waals surface area contributed by atoms with Crippen molar-refractivity contribution in [3.05, 3.63) is 95.2 Å². The third kappa shape index (κ3) is 3.63. The van der Waals surface area contributed by atoms with E-state index in [2.05, 4.69) is 10.1 Å². The van der Waals surface area contributed by atoms with Crippen LogP contribution < -0.4 is 0 Å². The lowest BCUT2D eigenvalue weighted by molar-refractivity contribution is 0.0699. The molecule has 1 N–H and O–H groups in total. The summed E-state index contributed by atoms with van der Waals surface area (Å²) in [7, 11) is 0. The fourth-order valence-electron chi connectivity index (χ4n) is 3.62. The van der Waals surface area contributed by atoms with Crippen LogP contribution in [0.2, 0.25) is 5.02 Å². The number of hydrogen-bond donors (Lipinski definition) is 1. The molecule has 2 aromatic carbocycles. The van der Waals surface area contributed by atoms with E-state index < -0.39 is 11.8 Å². The molecule has 158 valence electrons. The molecule has 0 bridgehead atoms. The zero-order valence-corrected chi connectivity index (χ0v) is 17.3. The summed E-state index contributed by atoms with van der Waals surface area (Å²) in [5.74, 6) is -1.08. The summed E-state index contributed by atoms with van der Waals surface area (Å²) < 4.78 is 21.6. The Morgan fingerprint density at radius 1 is 1.06 bits per heavy atom. The summed E-state index contributed by atoms with van der Waals surface area (Å²) >= 11 is 5.93. The molecule has 0 radical (unpaired) electrons. The molecule has 8 heteroatoms. The minimum absolute atomic E-state index is 0.0260. The summed E-state index contributed by atoms with van der Waals surface area (Å²) in [4.78, 5) is 16.3. The van der Waals surface area contributed by atoms with E-state index in [1.165, 1.54) is 12.1 Å². The first kappa shape index (κ1) is 20.0. The summed E-state index contributed by atoms with van der Waals surface area (Å²) in [5.41, 5.74) is 2.67. The Morgan fingerprint density at radius 2 is 1.84 bits per heavy atom. The highest BCUT2D eigenvalue weighted by Gasteiger charge is 2.26. The van der Waals surface area contributed by atoms with Gasteiger partial charge in [-0.3, -0.25) is 0 Å². The molecule has 2 aliphatic rings. The van der Waals surface area contributed by atoms with Crippen molar-refractivity contribution in [3.8, 4) is 33.8 Å². The number of benzene rings is 2. The van der Waals surface area contributed by atoms with E-state index >= 15 is 0 Å². The van der Waals surface area contributed by atoms with E-state index in [-0.39, 0.29) is 16.8 Å². The average molecular weight is 448 g/mol. The zero-order valence-electron chi connectivity index (χ0n) is 16.5. The molecule has 0 fully saturated rings. The summed E-state index contributed by atoms with van der Waals surface area (Å²) in [5, 5.41) is 14.5. The average Bonchev–Trinajstić information content (AvgIpc) is 3.39. The van der Waals surface area contributed by atoms with Crippen molar-refractivity contribution < 1.29 is 18.8 Å². The highest BCUT2D eigenvalue weighted by atomic mass is 35.5. The summed E-state index contributed by atoms with van der Waals surface area (Å²) in [6.45, 7) is 0.362. The van der Waals surface area contributed by atoms with Gasteiger partial charge in [-0.2, -0.15) is 0 Å². The van der Waals surface area contributed by atoms with Crippen molar-refractivity contribution in [2.75, 3.05) is 0 Å². The minimum atomic E-state index is -1.16. The maximum Gasteiger partial charge on any atom is 0.338 e. The maximum atomic E-state index is 14.3. The second kappa shape index (κ2) is 7.94. The Hall–Kier alpha value is -3.97. The van der Waals surface area contributed by atoms with Crippen LogP contribution in [0.5, 0.6) is 0 Å². The topological polar surface area (TPSA) is 81.1 Å². The number of carboxylic acids is 1. The number of fused-ring (bicyclic) bond motifs is 1. The zero-order chi connectivity index (χ0) is 22.2. The molecule has 0 unspecified atom stereocenters. The second-order valence-corrected chi connectivity index (χ2v) is 7.66. The number of pyridine rings is 1. The number of aromatic nitrogens is 3. The van der Waals surface area contributed by atoms with Crippen molar-refractivity contribution >= 4 is 17.6 Å². The van der Waals surface area contributed by atoms with Gasteiger partial charge in [-0.05, 0) is 30.3 Å². The van der Waals surface area contributed by atoms with Gasteiger partial charge in [0.15, 0.2) is 5.76 Å². The first-order valence-electron chi connectivity index (χ1n) is 9.69. The third-order valence-corrected chi connectivity index (χ3v) is 5.37. The molecular formula is C24H15ClFN3O3. The van der Waals surface area contributed by atoms with Crippen molar-refractivity contribution in [2.24, 2.45) is 0 Å². The van der Waals surface area contributed by atoms with Crippen LogP contribution in [0, 0.1) is 5.82 Å². The van der Waals surface area contributed by atoms with Crippen LogP contribution in [0.15, 0.2) is 77.6 Å². The molecular weight excluding hydrogens is 433 g/mol. The number of rotatable bonds is 5. The van der Waals surface area contributed by atoms with Crippen molar-refractivity contribution in [1.82, 2.24) is 14.7 Å². The van der Waals surface area contributed by atoms with Crippen LogP contribution in [0.25, 0.3) is 33.8 Å². The van der Waals surface area contributed by atoms with E-state index in [0.717, 1.165) is 5.56 Å². The van der Waals surface area contributed by atoms with E-state index in [4.69, 9.17) is 16.1 Å². The lowest BCUT2D eigenvalue weighted by atomic mass is 10.0. The SMILES string of the molecule is O=C(O)c1c2ccn(Cc3cc(-c4ccc(Cl)cc4)no3)cc-2nc1-c1ccccc1F. The molecule has 0 amide bonds. The van der Waals surface area contributed by atoms with Crippen molar-refractivity contribution in [1.29, 1.82) is 0 Å². The molecule has 0 atom stereocenters. The van der Waals surface area contributed by atoms with Gasteiger partial charge in [0, 0.05) is 40.2 Å². The molecule has 32 heavy (non-hydrogen) atoms. The van der Waals surface area contributed by atoms with Gasteiger partial charge >= 0.3 is 5.97 Å². The van der Waals surface area contributed by atoms with Gasteiger partial charge in [-0.1, -0.05) is 41.0 Å². The number of aromatic carboxylic acids is 1. The predicted octanol–water partition coefficient (Wildman–Crippen LogP) is 5.85. The van der Waals surface area contributed by atoms with Crippen LogP contribution in [0.1, 0.15) is 16.1 Å². The van der Waals surface area contributed by atoms with Crippen LogP contribution in [0.3, 0.4) is 0 Å². The molecule has 5 rings (SSSR count). The molecule has 6 nitrogen and oxygen atoms in total. The van der Waals surface area contributed by atoms with Crippen molar-refractivity contribution in [3.63, 3.8) is 0 Å². The highest BCUT2D eigenvalue weighted by Crippen LogP contribution is 2.35. The van der Waals surface area contributed by atoms with Gasteiger partial charge < -0.3 is 14.2 Å². The lowest BCUT2D eigenvalue weighted by Gasteiger charge is -2.06. The number of carboxylic acid groups (broad SMARTS) is 1. The van der Waals surface area contributed by atoms with Crippen LogP contribution >= 0.6 is 11.6 Å². The van der Waals surface area contributed by atoms with Crippen LogP contribution in [0.4, 0.5) is 4.39 Å². The minimum Gasteiger partial charge on any atom is -0.478 e. The van der Waals surface area contributed by atoms with Gasteiger partial charge in [0.05, 0.1) is 23.5 Å². The first-order valence-corrected chi connectivity index (χ1v) is 10.1. The van der Waals surface area contributed by atoms with E-state index in [1.54, 1.807) is 47.3 Å². The fourth-order valence-corrected chi connectivity index (χ4v) is 3.74. The van der Waals surface area contributed by atoms with Gasteiger partial charge in [-0.15, -0.1) is 0 Å². The number of nitrogens with zero attached hydrogens (tertiary/aromatic N) is 3. The highest BCUT2D eigenvalue weighted by molar-refractivity contribution is 6.30. The van der Waals surface area contributed by atoms with Gasteiger partial charge in [0.1, 0.15) is 11.5 Å². The molecule has 1 aromatic heterocycles. The number of halogens is 2. The Kier molecular flexibility index (Phi) is 4.95. The van der Waals surface area contributed by atoms with Crippen molar-refractivity contribution in [2.45, 2.75) is 6.54 Å². The standard InChI is InChI=1S/C24H15ClFN3O3/c25-15-7-5-14(6-8-15)20-11-16(32-28-20)12-29-10-9-18-21(13-29)27-23(22(18)24(30)31)17-3-1-2-4-19(17)26/h1-11,13H,12H2,(H,30,31). The smallest absolute Gasteiger partial charge is 0.338 e. The molecule has 0 saturated carbocycles. The van der Waals surface area contributed by atoms with Crippen LogP contribution in [-0.2, 0) is 6.54 Å². The second-order valence-electron chi connectivity index (χ2n) is 7.22. The number of carbonyl (C=O) groups is 1. The van der Waals surface area contributed by atoms with E-state index in [0.29, 0.717) is 34.3 Å². The van der Waals surface area contributed by atoms with Gasteiger partial charge in [0.25, 0.3) is 0 Å². The molecule has 0 saturated heterocycles. The quantitative estimate of drug-likeness (QED) is 0.365. The Morgan fingerprint density at radius 3 is 2.59 bits per heavy atom. The molecule has 2 aliphatic heterocycles. The molecule has 3 heterocycles. The molecule has 0 spiro atoms.